The van der Waals surface area contributed by atoms with E-state index in [1.54, 1.807) is 6.07 Å². The Balaban J connectivity index is 1.77. The largest absolute Gasteiger partial charge is 0.480 e. The molecule has 2 aromatic carbocycles. The number of carboxylic acids is 1. The highest BCUT2D eigenvalue weighted by atomic mass is 16.5. The summed E-state index contributed by atoms with van der Waals surface area (Å²) in [5.74, 6) is -0.553. The molecule has 124 valence electrons. The van der Waals surface area contributed by atoms with Gasteiger partial charge in [0.05, 0.1) is 5.56 Å². The van der Waals surface area contributed by atoms with Crippen molar-refractivity contribution in [2.24, 2.45) is 0 Å². The molecule has 0 saturated heterocycles. The van der Waals surface area contributed by atoms with Crippen LogP contribution in [0.15, 0.2) is 30.3 Å². The van der Waals surface area contributed by atoms with Gasteiger partial charge < -0.3 is 15.2 Å². The number of aromatic carboxylic acids is 1. The summed E-state index contributed by atoms with van der Waals surface area (Å²) in [5, 5.41) is 11.9. The summed E-state index contributed by atoms with van der Waals surface area (Å²) >= 11 is 0. The van der Waals surface area contributed by atoms with Crippen molar-refractivity contribution in [1.29, 1.82) is 0 Å². The van der Waals surface area contributed by atoms with Crippen molar-refractivity contribution >= 4 is 17.6 Å². The molecule has 24 heavy (non-hydrogen) atoms. The van der Waals surface area contributed by atoms with Gasteiger partial charge in [0, 0.05) is 12.1 Å². The smallest absolute Gasteiger partial charge is 0.335 e. The summed E-state index contributed by atoms with van der Waals surface area (Å²) in [6.07, 6.45) is -0.0889. The zero-order valence-electron chi connectivity index (χ0n) is 13.8. The Kier molecular flexibility index (Phi) is 4.01. The molecule has 1 aliphatic rings. The molecule has 5 nitrogen and oxygen atoms in total. The number of fused-ring (bicyclic) bond motifs is 1. The van der Waals surface area contributed by atoms with Gasteiger partial charge in [-0.2, -0.15) is 0 Å². The van der Waals surface area contributed by atoms with Crippen LogP contribution < -0.4 is 10.1 Å². The number of nitrogens with one attached hydrogen (secondary N) is 1. The van der Waals surface area contributed by atoms with Gasteiger partial charge in [-0.3, -0.25) is 4.79 Å². The molecule has 2 aromatic rings. The average molecular weight is 325 g/mol. The highest BCUT2D eigenvalue weighted by Crippen LogP contribution is 2.32. The standard InChI is InChI=1S/C19H19NO4/c1-10-4-5-13(19(22)23)8-15(10)20-18(21)17-9-14-6-11(2)12(3)7-16(14)24-17/h4-8,17H,9H2,1-3H3,(H,20,21)(H,22,23). The van der Waals surface area contributed by atoms with Gasteiger partial charge in [0.2, 0.25) is 0 Å². The van der Waals surface area contributed by atoms with E-state index < -0.39 is 12.1 Å². The number of carbonyl (C=O) groups excluding carboxylic acids is 1. The summed E-state index contributed by atoms with van der Waals surface area (Å²) in [6.45, 7) is 5.86. The van der Waals surface area contributed by atoms with E-state index in [2.05, 4.69) is 5.32 Å². The number of rotatable bonds is 3. The number of ether oxygens (including phenoxy) is 1. The van der Waals surface area contributed by atoms with Crippen molar-refractivity contribution in [3.8, 4) is 5.75 Å². The maximum absolute atomic E-state index is 12.5. The summed E-state index contributed by atoms with van der Waals surface area (Å²) in [4.78, 5) is 23.6. The van der Waals surface area contributed by atoms with Crippen molar-refractivity contribution < 1.29 is 19.4 Å². The van der Waals surface area contributed by atoms with Gasteiger partial charge in [-0.25, -0.2) is 4.79 Å². The van der Waals surface area contributed by atoms with E-state index in [-0.39, 0.29) is 11.5 Å². The molecular weight excluding hydrogens is 306 g/mol. The number of amides is 1. The van der Waals surface area contributed by atoms with Gasteiger partial charge in [-0.15, -0.1) is 0 Å². The zero-order valence-corrected chi connectivity index (χ0v) is 13.8. The molecule has 1 amide bonds. The van der Waals surface area contributed by atoms with Crippen LogP contribution in [0.1, 0.15) is 32.6 Å². The molecule has 0 saturated carbocycles. The van der Waals surface area contributed by atoms with Gasteiger partial charge in [0.1, 0.15) is 5.75 Å². The first-order valence-electron chi connectivity index (χ1n) is 7.76. The van der Waals surface area contributed by atoms with E-state index in [0.717, 1.165) is 22.4 Å². The maximum Gasteiger partial charge on any atom is 0.335 e. The minimum absolute atomic E-state index is 0.137. The lowest BCUT2D eigenvalue weighted by Crippen LogP contribution is -2.31. The molecule has 0 fully saturated rings. The molecule has 0 radical (unpaired) electrons. The first-order valence-corrected chi connectivity index (χ1v) is 7.76. The fraction of sp³-hybridized carbons (Fsp3) is 0.263. The highest BCUT2D eigenvalue weighted by Gasteiger charge is 2.30. The van der Waals surface area contributed by atoms with E-state index in [9.17, 15) is 9.59 Å². The van der Waals surface area contributed by atoms with E-state index in [4.69, 9.17) is 9.84 Å². The third-order valence-corrected chi connectivity index (χ3v) is 4.39. The second-order valence-electron chi connectivity index (χ2n) is 6.18. The minimum atomic E-state index is -1.03. The molecule has 2 N–H and O–H groups in total. The Morgan fingerprint density at radius 3 is 2.50 bits per heavy atom. The molecule has 1 aliphatic heterocycles. The number of anilines is 1. The van der Waals surface area contributed by atoms with Crippen LogP contribution in [0.5, 0.6) is 5.75 Å². The normalized spacial score (nSPS) is 15.5. The zero-order chi connectivity index (χ0) is 17.4. The summed E-state index contributed by atoms with van der Waals surface area (Å²) < 4.78 is 5.77. The van der Waals surface area contributed by atoms with Crippen LogP contribution in [-0.4, -0.2) is 23.1 Å². The molecule has 0 aromatic heterocycles. The minimum Gasteiger partial charge on any atom is -0.480 e. The summed E-state index contributed by atoms with van der Waals surface area (Å²) in [7, 11) is 0. The third-order valence-electron chi connectivity index (χ3n) is 4.39. The van der Waals surface area contributed by atoms with E-state index in [1.807, 2.05) is 32.9 Å². The Bertz CT molecular complexity index is 811. The van der Waals surface area contributed by atoms with E-state index in [0.29, 0.717) is 12.1 Å². The lowest BCUT2D eigenvalue weighted by molar-refractivity contribution is -0.122. The van der Waals surface area contributed by atoms with E-state index >= 15 is 0 Å². The average Bonchev–Trinajstić information content (AvgIpc) is 2.92. The van der Waals surface area contributed by atoms with Crippen LogP contribution in [0.4, 0.5) is 5.69 Å². The van der Waals surface area contributed by atoms with Crippen LogP contribution in [-0.2, 0) is 11.2 Å². The van der Waals surface area contributed by atoms with Gasteiger partial charge in [0.25, 0.3) is 5.91 Å². The van der Waals surface area contributed by atoms with Crippen molar-refractivity contribution in [2.45, 2.75) is 33.3 Å². The molecule has 1 heterocycles. The van der Waals surface area contributed by atoms with E-state index in [1.165, 1.54) is 17.7 Å². The Labute approximate surface area is 140 Å². The van der Waals surface area contributed by atoms with Crippen LogP contribution in [0.3, 0.4) is 0 Å². The molecule has 5 heteroatoms. The maximum atomic E-state index is 12.5. The van der Waals surface area contributed by atoms with Gasteiger partial charge in [0.15, 0.2) is 6.10 Å². The number of hydrogen-bond acceptors (Lipinski definition) is 3. The van der Waals surface area contributed by atoms with Gasteiger partial charge in [-0.05, 0) is 61.2 Å². The molecule has 0 bridgehead atoms. The van der Waals surface area contributed by atoms with Crippen molar-refractivity contribution in [2.75, 3.05) is 5.32 Å². The monoisotopic (exact) mass is 325 g/mol. The molecule has 3 rings (SSSR count). The van der Waals surface area contributed by atoms with Crippen molar-refractivity contribution in [3.05, 3.63) is 58.1 Å². The molecule has 1 atom stereocenters. The van der Waals surface area contributed by atoms with Crippen LogP contribution in [0.25, 0.3) is 0 Å². The van der Waals surface area contributed by atoms with Crippen molar-refractivity contribution in [1.82, 2.24) is 0 Å². The van der Waals surface area contributed by atoms with Crippen molar-refractivity contribution in [3.63, 3.8) is 0 Å². The predicted octanol–water partition coefficient (Wildman–Crippen LogP) is 3.25. The topological polar surface area (TPSA) is 75.6 Å². The quantitative estimate of drug-likeness (QED) is 0.908. The third kappa shape index (κ3) is 2.97. The first-order chi connectivity index (χ1) is 11.3. The van der Waals surface area contributed by atoms with Gasteiger partial charge in [-0.1, -0.05) is 12.1 Å². The van der Waals surface area contributed by atoms with Crippen LogP contribution in [0.2, 0.25) is 0 Å². The number of carbonyl (C=O) groups is 2. The molecule has 1 unspecified atom stereocenters. The number of benzene rings is 2. The van der Waals surface area contributed by atoms with Crippen LogP contribution >= 0.6 is 0 Å². The first kappa shape index (κ1) is 16.1. The second-order valence-corrected chi connectivity index (χ2v) is 6.18. The Morgan fingerprint density at radius 2 is 1.79 bits per heavy atom. The van der Waals surface area contributed by atoms with Crippen LogP contribution in [0, 0.1) is 20.8 Å². The number of aryl methyl sites for hydroxylation is 3. The summed E-state index contributed by atoms with van der Waals surface area (Å²) in [6, 6.07) is 8.66. The number of carboxylic acid groups (broad SMARTS) is 1. The molecular formula is C19H19NO4. The van der Waals surface area contributed by atoms with Gasteiger partial charge >= 0.3 is 5.97 Å². The number of hydrogen-bond donors (Lipinski definition) is 2. The fourth-order valence-electron chi connectivity index (χ4n) is 2.76. The Hall–Kier alpha value is -2.82. The second kappa shape index (κ2) is 6.00. The SMILES string of the molecule is Cc1cc2c(cc1C)OC(C(=O)Nc1cc(C(=O)O)ccc1C)C2. The lowest BCUT2D eigenvalue weighted by Gasteiger charge is -2.13. The Morgan fingerprint density at radius 1 is 1.08 bits per heavy atom. The predicted molar refractivity (Wildman–Crippen MR) is 90.8 cm³/mol. The lowest BCUT2D eigenvalue weighted by atomic mass is 10.0. The summed E-state index contributed by atoms with van der Waals surface area (Å²) in [5.41, 5.74) is 4.75. The highest BCUT2D eigenvalue weighted by molar-refractivity contribution is 5.97. The molecule has 0 spiro atoms. The molecule has 0 aliphatic carbocycles. The fourth-order valence-corrected chi connectivity index (χ4v) is 2.76.